The van der Waals surface area contributed by atoms with E-state index in [1.54, 1.807) is 19.1 Å². The van der Waals surface area contributed by atoms with Crippen molar-refractivity contribution in [2.75, 3.05) is 25.1 Å². The second kappa shape index (κ2) is 8.42. The number of nitrogens with two attached hydrogens (primary N) is 1. The molecule has 1 fully saturated rings. The summed E-state index contributed by atoms with van der Waals surface area (Å²) in [5.74, 6) is 0.00983. The minimum Gasteiger partial charge on any atom is -0.487 e. The van der Waals surface area contributed by atoms with Gasteiger partial charge in [-0.25, -0.2) is 8.78 Å². The highest BCUT2D eigenvalue weighted by molar-refractivity contribution is 5.98. The van der Waals surface area contributed by atoms with Crippen LogP contribution < -0.4 is 15.8 Å². The predicted molar refractivity (Wildman–Crippen MR) is 85.5 cm³/mol. The van der Waals surface area contributed by atoms with Gasteiger partial charge in [0, 0.05) is 25.0 Å². The SMILES string of the molecule is Cc1ccc(NC(=O)C2(N)CCOCC2)cc1OCC(F)F.Cl. The van der Waals surface area contributed by atoms with Gasteiger partial charge in [0.1, 0.15) is 17.9 Å². The maximum Gasteiger partial charge on any atom is 0.272 e. The molecule has 0 saturated carbocycles. The maximum atomic E-state index is 12.3. The molecule has 5 nitrogen and oxygen atoms in total. The van der Waals surface area contributed by atoms with Crippen LogP contribution in [0.25, 0.3) is 0 Å². The van der Waals surface area contributed by atoms with Crippen molar-refractivity contribution >= 4 is 24.0 Å². The number of aryl methyl sites for hydroxylation is 1. The van der Waals surface area contributed by atoms with Gasteiger partial charge in [-0.15, -0.1) is 12.4 Å². The first kappa shape index (κ1) is 19.6. The van der Waals surface area contributed by atoms with Gasteiger partial charge in [0.25, 0.3) is 6.43 Å². The Hall–Kier alpha value is -1.44. The van der Waals surface area contributed by atoms with Crippen LogP contribution >= 0.6 is 12.4 Å². The van der Waals surface area contributed by atoms with Gasteiger partial charge >= 0.3 is 0 Å². The molecule has 0 unspecified atom stereocenters. The Kier molecular flexibility index (Phi) is 7.18. The van der Waals surface area contributed by atoms with Crippen molar-refractivity contribution in [3.8, 4) is 5.75 Å². The molecule has 0 spiro atoms. The van der Waals surface area contributed by atoms with Gasteiger partial charge in [-0.05, 0) is 31.4 Å². The lowest BCUT2D eigenvalue weighted by atomic mass is 9.90. The fourth-order valence-electron chi connectivity index (χ4n) is 2.20. The van der Waals surface area contributed by atoms with E-state index < -0.39 is 18.6 Å². The van der Waals surface area contributed by atoms with E-state index in [1.165, 1.54) is 6.07 Å². The molecule has 0 aliphatic carbocycles. The highest BCUT2D eigenvalue weighted by atomic mass is 35.5. The maximum absolute atomic E-state index is 12.3. The van der Waals surface area contributed by atoms with E-state index in [1.807, 2.05) is 0 Å². The largest absolute Gasteiger partial charge is 0.487 e. The Balaban J connectivity index is 0.00000264. The molecule has 0 aromatic heterocycles. The molecular weight excluding hydrogens is 330 g/mol. The van der Waals surface area contributed by atoms with E-state index in [2.05, 4.69) is 5.32 Å². The number of anilines is 1. The summed E-state index contributed by atoms with van der Waals surface area (Å²) in [4.78, 5) is 12.3. The Labute approximate surface area is 139 Å². The third kappa shape index (κ3) is 5.30. The summed E-state index contributed by atoms with van der Waals surface area (Å²) in [5.41, 5.74) is 6.31. The van der Waals surface area contributed by atoms with Gasteiger partial charge in [-0.3, -0.25) is 4.79 Å². The summed E-state index contributed by atoms with van der Waals surface area (Å²) in [6.07, 6.45) is -1.66. The monoisotopic (exact) mass is 350 g/mol. The number of nitrogens with one attached hydrogen (secondary N) is 1. The minimum atomic E-state index is -2.55. The van der Waals surface area contributed by atoms with Gasteiger partial charge in [0.15, 0.2) is 0 Å². The molecule has 23 heavy (non-hydrogen) atoms. The number of alkyl halides is 2. The van der Waals surface area contributed by atoms with Crippen molar-refractivity contribution in [1.82, 2.24) is 0 Å². The normalized spacial score (nSPS) is 16.6. The molecule has 1 amide bonds. The van der Waals surface area contributed by atoms with Gasteiger partial charge in [-0.1, -0.05) is 6.07 Å². The summed E-state index contributed by atoms with van der Waals surface area (Å²) in [6.45, 7) is 1.95. The molecule has 1 saturated heterocycles. The van der Waals surface area contributed by atoms with E-state index in [0.717, 1.165) is 0 Å². The first-order chi connectivity index (χ1) is 10.4. The number of carbonyl (C=O) groups excluding carboxylic acids is 1. The number of halogens is 3. The van der Waals surface area contributed by atoms with Gasteiger partial charge in [-0.2, -0.15) is 0 Å². The Morgan fingerprint density at radius 3 is 2.70 bits per heavy atom. The number of rotatable bonds is 5. The van der Waals surface area contributed by atoms with Crippen LogP contribution in [0.3, 0.4) is 0 Å². The predicted octanol–water partition coefficient (Wildman–Crippen LogP) is 2.51. The molecule has 1 aliphatic rings. The standard InChI is InChI=1S/C15H20F2N2O3.ClH/c1-10-2-3-11(8-12(10)22-9-13(16)17)19-14(20)15(18)4-6-21-7-5-15;/h2-3,8,13H,4-7,9,18H2,1H3,(H,19,20);1H. The molecular formula is C15H21ClF2N2O3. The Bertz CT molecular complexity index is 537. The molecule has 1 aliphatic heterocycles. The first-order valence-electron chi connectivity index (χ1n) is 7.10. The number of hydrogen-bond donors (Lipinski definition) is 2. The zero-order chi connectivity index (χ0) is 16.2. The summed E-state index contributed by atoms with van der Waals surface area (Å²) >= 11 is 0. The van der Waals surface area contributed by atoms with E-state index >= 15 is 0 Å². The van der Waals surface area contributed by atoms with Crippen LogP contribution in [-0.4, -0.2) is 37.7 Å². The van der Waals surface area contributed by atoms with Crippen LogP contribution in [0.15, 0.2) is 18.2 Å². The highest BCUT2D eigenvalue weighted by Gasteiger charge is 2.35. The number of hydrogen-bond acceptors (Lipinski definition) is 4. The molecule has 130 valence electrons. The molecule has 1 aromatic rings. The summed E-state index contributed by atoms with van der Waals surface area (Å²) in [7, 11) is 0. The lowest BCUT2D eigenvalue weighted by Gasteiger charge is -2.31. The van der Waals surface area contributed by atoms with Crippen molar-refractivity contribution in [2.45, 2.75) is 31.7 Å². The summed E-state index contributed by atoms with van der Waals surface area (Å²) in [5, 5.41) is 2.72. The van der Waals surface area contributed by atoms with Crippen molar-refractivity contribution in [3.05, 3.63) is 23.8 Å². The van der Waals surface area contributed by atoms with Crippen LogP contribution in [0, 0.1) is 6.92 Å². The third-order valence-corrected chi connectivity index (χ3v) is 3.65. The smallest absolute Gasteiger partial charge is 0.272 e. The summed E-state index contributed by atoms with van der Waals surface area (Å²) in [6, 6.07) is 4.91. The number of amides is 1. The highest BCUT2D eigenvalue weighted by Crippen LogP contribution is 2.25. The van der Waals surface area contributed by atoms with E-state index in [-0.39, 0.29) is 18.3 Å². The lowest BCUT2D eigenvalue weighted by molar-refractivity contribution is -0.124. The topological polar surface area (TPSA) is 73.6 Å². The molecule has 3 N–H and O–H groups in total. The van der Waals surface area contributed by atoms with Gasteiger partial charge < -0.3 is 20.5 Å². The molecule has 0 bridgehead atoms. The average molecular weight is 351 g/mol. The fourth-order valence-corrected chi connectivity index (χ4v) is 2.20. The third-order valence-electron chi connectivity index (χ3n) is 3.65. The number of ether oxygens (including phenoxy) is 2. The van der Waals surface area contributed by atoms with Crippen molar-refractivity contribution in [2.24, 2.45) is 5.73 Å². The van der Waals surface area contributed by atoms with Crippen LogP contribution in [0.4, 0.5) is 14.5 Å². The van der Waals surface area contributed by atoms with E-state index in [4.69, 9.17) is 15.2 Å². The quantitative estimate of drug-likeness (QED) is 0.855. The molecule has 0 radical (unpaired) electrons. The lowest BCUT2D eigenvalue weighted by Crippen LogP contribution is -2.54. The molecule has 1 aromatic carbocycles. The number of benzene rings is 1. The van der Waals surface area contributed by atoms with Gasteiger partial charge in [0.05, 0.1) is 0 Å². The Morgan fingerprint density at radius 1 is 1.43 bits per heavy atom. The van der Waals surface area contributed by atoms with E-state index in [0.29, 0.717) is 43.1 Å². The molecule has 0 atom stereocenters. The number of carbonyl (C=O) groups is 1. The zero-order valence-electron chi connectivity index (χ0n) is 12.8. The second-order valence-corrected chi connectivity index (χ2v) is 5.41. The fraction of sp³-hybridized carbons (Fsp3) is 0.533. The average Bonchev–Trinajstić information content (AvgIpc) is 2.48. The van der Waals surface area contributed by atoms with E-state index in [9.17, 15) is 13.6 Å². The molecule has 8 heteroatoms. The second-order valence-electron chi connectivity index (χ2n) is 5.41. The first-order valence-corrected chi connectivity index (χ1v) is 7.10. The van der Waals surface area contributed by atoms with Crippen LogP contribution in [-0.2, 0) is 9.53 Å². The Morgan fingerprint density at radius 2 is 2.09 bits per heavy atom. The zero-order valence-corrected chi connectivity index (χ0v) is 13.6. The summed E-state index contributed by atoms with van der Waals surface area (Å²) < 4.78 is 34.7. The molecule has 2 rings (SSSR count). The van der Waals surface area contributed by atoms with Crippen LogP contribution in [0.2, 0.25) is 0 Å². The van der Waals surface area contributed by atoms with Crippen LogP contribution in [0.5, 0.6) is 5.75 Å². The van der Waals surface area contributed by atoms with Crippen molar-refractivity contribution in [3.63, 3.8) is 0 Å². The minimum absolute atomic E-state index is 0. The van der Waals surface area contributed by atoms with Crippen LogP contribution in [0.1, 0.15) is 18.4 Å². The van der Waals surface area contributed by atoms with Crippen molar-refractivity contribution in [1.29, 1.82) is 0 Å². The van der Waals surface area contributed by atoms with Crippen molar-refractivity contribution < 1.29 is 23.0 Å². The molecule has 1 heterocycles. The van der Waals surface area contributed by atoms with Gasteiger partial charge in [0.2, 0.25) is 5.91 Å².